The van der Waals surface area contributed by atoms with Crippen LogP contribution in [0.25, 0.3) is 0 Å². The molecule has 1 aromatic rings. The van der Waals surface area contributed by atoms with Crippen LogP contribution in [0.2, 0.25) is 0 Å². The van der Waals surface area contributed by atoms with Gasteiger partial charge in [0.2, 0.25) is 9.84 Å². The van der Waals surface area contributed by atoms with Crippen LogP contribution in [0.1, 0.15) is 39.0 Å². The van der Waals surface area contributed by atoms with Gasteiger partial charge in [-0.05, 0) is 18.6 Å². The van der Waals surface area contributed by atoms with Gasteiger partial charge in [0, 0.05) is 15.6 Å². The molecule has 0 bridgehead atoms. The predicted octanol–water partition coefficient (Wildman–Crippen LogP) is 4.39. The predicted molar refractivity (Wildman–Crippen MR) is 81.8 cm³/mol. The second kappa shape index (κ2) is 6.62. The SMILES string of the molecule is CCCCCC[C@@H]1S/C1=C/S(=O)(=O)c1ccccc1. The molecule has 2 rings (SSSR count). The van der Waals surface area contributed by atoms with E-state index in [0.717, 1.165) is 11.3 Å². The van der Waals surface area contributed by atoms with Crippen molar-refractivity contribution in [3.8, 4) is 0 Å². The Kier molecular flexibility index (Phi) is 5.11. The molecular weight excluding hydrogens is 276 g/mol. The van der Waals surface area contributed by atoms with Crippen molar-refractivity contribution in [1.29, 1.82) is 0 Å². The number of benzene rings is 1. The number of hydrogen-bond donors (Lipinski definition) is 0. The molecule has 0 unspecified atom stereocenters. The molecule has 104 valence electrons. The molecule has 4 heteroatoms. The zero-order chi connectivity index (χ0) is 13.7. The molecular formula is C15H20O2S2. The molecule has 0 amide bonds. The third-order valence-corrected chi connectivity index (χ3v) is 6.04. The fraction of sp³-hybridized carbons (Fsp3) is 0.467. The first-order chi connectivity index (χ1) is 9.13. The van der Waals surface area contributed by atoms with E-state index >= 15 is 0 Å². The van der Waals surface area contributed by atoms with E-state index in [1.165, 1.54) is 31.1 Å². The Labute approximate surface area is 120 Å². The number of sulfone groups is 1. The minimum Gasteiger partial charge on any atom is -0.219 e. The molecule has 0 radical (unpaired) electrons. The molecule has 1 aromatic carbocycles. The number of unbranched alkanes of at least 4 members (excludes halogenated alkanes) is 3. The van der Waals surface area contributed by atoms with Gasteiger partial charge in [0.1, 0.15) is 0 Å². The fourth-order valence-electron chi connectivity index (χ4n) is 2.02. The van der Waals surface area contributed by atoms with Crippen molar-refractivity contribution in [1.82, 2.24) is 0 Å². The van der Waals surface area contributed by atoms with Crippen molar-refractivity contribution >= 4 is 21.6 Å². The third kappa shape index (κ3) is 4.39. The van der Waals surface area contributed by atoms with Gasteiger partial charge in [-0.15, -0.1) is 11.8 Å². The van der Waals surface area contributed by atoms with Crippen LogP contribution in [0.15, 0.2) is 45.5 Å². The largest absolute Gasteiger partial charge is 0.219 e. The minimum absolute atomic E-state index is 0.389. The highest BCUT2D eigenvalue weighted by atomic mass is 32.2. The topological polar surface area (TPSA) is 34.1 Å². The lowest BCUT2D eigenvalue weighted by Crippen LogP contribution is -1.96. The number of rotatable bonds is 7. The van der Waals surface area contributed by atoms with Crippen molar-refractivity contribution in [3.63, 3.8) is 0 Å². The first kappa shape index (κ1) is 14.7. The summed E-state index contributed by atoms with van der Waals surface area (Å²) < 4.78 is 24.2. The van der Waals surface area contributed by atoms with Crippen LogP contribution in [0.4, 0.5) is 0 Å². The van der Waals surface area contributed by atoms with Gasteiger partial charge in [0.05, 0.1) is 4.90 Å². The summed E-state index contributed by atoms with van der Waals surface area (Å²) in [7, 11) is -3.25. The lowest BCUT2D eigenvalue weighted by molar-refractivity contribution is 0.604. The molecule has 0 aliphatic carbocycles. The summed E-state index contributed by atoms with van der Waals surface area (Å²) >= 11 is 1.70. The Morgan fingerprint density at radius 2 is 1.89 bits per heavy atom. The zero-order valence-electron chi connectivity index (χ0n) is 11.2. The van der Waals surface area contributed by atoms with Gasteiger partial charge in [0.15, 0.2) is 0 Å². The smallest absolute Gasteiger partial charge is 0.200 e. The molecule has 1 atom stereocenters. The molecule has 1 fully saturated rings. The van der Waals surface area contributed by atoms with Crippen molar-refractivity contribution in [3.05, 3.63) is 40.6 Å². The van der Waals surface area contributed by atoms with Crippen molar-refractivity contribution in [2.75, 3.05) is 0 Å². The van der Waals surface area contributed by atoms with E-state index in [4.69, 9.17) is 0 Å². The van der Waals surface area contributed by atoms with Crippen LogP contribution in [0, 0.1) is 0 Å². The molecule has 1 aliphatic heterocycles. The van der Waals surface area contributed by atoms with Crippen molar-refractivity contribution in [2.45, 2.75) is 49.2 Å². The second-order valence-electron chi connectivity index (χ2n) is 4.83. The van der Waals surface area contributed by atoms with Gasteiger partial charge < -0.3 is 0 Å². The Balaban J connectivity index is 1.90. The van der Waals surface area contributed by atoms with E-state index in [1.807, 2.05) is 6.07 Å². The summed E-state index contributed by atoms with van der Waals surface area (Å²) in [5.41, 5.74) is 0. The van der Waals surface area contributed by atoms with Gasteiger partial charge >= 0.3 is 0 Å². The molecule has 2 nitrogen and oxygen atoms in total. The maximum Gasteiger partial charge on any atom is 0.200 e. The number of thioether (sulfide) groups is 1. The number of hydrogen-bond acceptors (Lipinski definition) is 3. The van der Waals surface area contributed by atoms with E-state index in [1.54, 1.807) is 36.0 Å². The average Bonchev–Trinajstić information content (AvgIpc) is 3.13. The maximum atomic E-state index is 12.1. The van der Waals surface area contributed by atoms with Crippen LogP contribution in [-0.4, -0.2) is 13.7 Å². The monoisotopic (exact) mass is 296 g/mol. The Morgan fingerprint density at radius 3 is 2.58 bits per heavy atom. The highest BCUT2D eigenvalue weighted by molar-refractivity contribution is 8.12. The van der Waals surface area contributed by atoms with E-state index in [2.05, 4.69) is 6.92 Å². The standard InChI is InChI=1S/C15H20O2S2/c1-2-3-4-8-11-14-15(18-14)12-19(16,17)13-9-6-5-7-10-13/h5-7,9-10,12,14H,2-4,8,11H2,1H3/b15-12+/t14-/m0/s1. The molecule has 1 aliphatic rings. The summed E-state index contributed by atoms with van der Waals surface area (Å²) in [6.07, 6.45) is 6.09. The lowest BCUT2D eigenvalue weighted by Gasteiger charge is -1.97. The van der Waals surface area contributed by atoms with E-state index < -0.39 is 9.84 Å². The molecule has 0 spiro atoms. The quantitative estimate of drug-likeness (QED) is 0.553. The van der Waals surface area contributed by atoms with E-state index in [-0.39, 0.29) is 0 Å². The first-order valence-electron chi connectivity index (χ1n) is 6.82. The van der Waals surface area contributed by atoms with Gasteiger partial charge in [-0.25, -0.2) is 8.42 Å². The lowest BCUT2D eigenvalue weighted by atomic mass is 10.1. The summed E-state index contributed by atoms with van der Waals surface area (Å²) in [5.74, 6) is 0. The Hall–Kier alpha value is -0.740. The summed E-state index contributed by atoms with van der Waals surface area (Å²) in [5, 5.41) is 1.90. The Bertz CT molecular complexity index is 533. The van der Waals surface area contributed by atoms with E-state index in [9.17, 15) is 8.42 Å². The summed E-state index contributed by atoms with van der Waals surface area (Å²) in [6.45, 7) is 2.20. The van der Waals surface area contributed by atoms with Crippen LogP contribution in [-0.2, 0) is 9.84 Å². The third-order valence-electron chi connectivity index (χ3n) is 3.20. The molecule has 0 N–H and O–H groups in total. The Morgan fingerprint density at radius 1 is 1.16 bits per heavy atom. The summed E-state index contributed by atoms with van der Waals surface area (Å²) in [4.78, 5) is 1.42. The zero-order valence-corrected chi connectivity index (χ0v) is 12.8. The van der Waals surface area contributed by atoms with Crippen LogP contribution >= 0.6 is 11.8 Å². The maximum absolute atomic E-state index is 12.1. The van der Waals surface area contributed by atoms with Crippen molar-refractivity contribution < 1.29 is 8.42 Å². The average molecular weight is 296 g/mol. The van der Waals surface area contributed by atoms with Crippen LogP contribution < -0.4 is 0 Å². The molecule has 1 saturated heterocycles. The highest BCUT2D eigenvalue weighted by Crippen LogP contribution is 2.49. The summed E-state index contributed by atoms with van der Waals surface area (Å²) in [6, 6.07) is 8.64. The van der Waals surface area contributed by atoms with Gasteiger partial charge in [-0.3, -0.25) is 0 Å². The fourth-order valence-corrected chi connectivity index (χ4v) is 4.58. The van der Waals surface area contributed by atoms with Crippen LogP contribution in [0.3, 0.4) is 0 Å². The molecule has 0 aromatic heterocycles. The minimum atomic E-state index is -3.25. The van der Waals surface area contributed by atoms with Gasteiger partial charge in [0.25, 0.3) is 0 Å². The van der Waals surface area contributed by atoms with Gasteiger partial charge in [-0.2, -0.15) is 0 Å². The highest BCUT2D eigenvalue weighted by Gasteiger charge is 2.32. The van der Waals surface area contributed by atoms with Gasteiger partial charge in [-0.1, -0.05) is 50.8 Å². The molecule has 1 heterocycles. The molecule has 19 heavy (non-hydrogen) atoms. The van der Waals surface area contributed by atoms with Crippen molar-refractivity contribution in [2.24, 2.45) is 0 Å². The molecule has 0 saturated carbocycles. The normalized spacial score (nSPS) is 20.7. The second-order valence-corrected chi connectivity index (χ2v) is 7.91. The van der Waals surface area contributed by atoms with E-state index in [0.29, 0.717) is 10.1 Å². The van der Waals surface area contributed by atoms with Crippen LogP contribution in [0.5, 0.6) is 0 Å². The first-order valence-corrected chi connectivity index (χ1v) is 9.24.